The van der Waals surface area contributed by atoms with E-state index < -0.39 is 0 Å². The lowest BCUT2D eigenvalue weighted by atomic mass is 10.1. The molecule has 0 aromatic carbocycles. The van der Waals surface area contributed by atoms with E-state index in [0.717, 1.165) is 10.6 Å². The molecule has 1 aromatic rings. The summed E-state index contributed by atoms with van der Waals surface area (Å²) in [5, 5.41) is 0. The monoisotopic (exact) mass is 200 g/mol. The van der Waals surface area contributed by atoms with Gasteiger partial charge in [0.1, 0.15) is 5.92 Å². The summed E-state index contributed by atoms with van der Waals surface area (Å²) in [6.45, 7) is 2.12. The summed E-state index contributed by atoms with van der Waals surface area (Å²) >= 11 is 1.43. The van der Waals surface area contributed by atoms with E-state index in [1.54, 1.807) is 5.51 Å². The first-order valence-electron chi connectivity index (χ1n) is 3.88. The molecule has 0 fully saturated rings. The van der Waals surface area contributed by atoms with Crippen molar-refractivity contribution in [3.63, 3.8) is 0 Å². The molecule has 0 aliphatic rings. The first-order chi connectivity index (χ1) is 6.20. The Morgan fingerprint density at radius 3 is 2.92 bits per heavy atom. The minimum absolute atomic E-state index is 0.260. The van der Waals surface area contributed by atoms with Crippen LogP contribution in [0.2, 0.25) is 0 Å². The largest absolute Gasteiger partial charge is 0.468 e. The summed E-state index contributed by atoms with van der Waals surface area (Å²) in [4.78, 5) is 16.2. The second-order valence-corrected chi connectivity index (χ2v) is 3.50. The first kappa shape index (κ1) is 10.1. The van der Waals surface area contributed by atoms with E-state index in [0.29, 0.717) is 0 Å². The summed E-state index contributed by atoms with van der Waals surface area (Å²) in [5.41, 5.74) is 8.04. The molecule has 0 aliphatic carbocycles. The molecule has 2 N–H and O–H groups in total. The molecule has 0 bridgehead atoms. The molecule has 1 heterocycles. The zero-order valence-electron chi connectivity index (χ0n) is 7.61. The van der Waals surface area contributed by atoms with Gasteiger partial charge in [-0.25, -0.2) is 4.98 Å². The minimum Gasteiger partial charge on any atom is -0.468 e. The topological polar surface area (TPSA) is 65.2 Å². The van der Waals surface area contributed by atoms with Crippen LogP contribution < -0.4 is 5.73 Å². The number of ether oxygens (including phenoxy) is 1. The van der Waals surface area contributed by atoms with Crippen molar-refractivity contribution in [3.8, 4) is 0 Å². The third-order valence-corrected chi connectivity index (χ3v) is 2.87. The Morgan fingerprint density at radius 1 is 1.85 bits per heavy atom. The van der Waals surface area contributed by atoms with Gasteiger partial charge in [0, 0.05) is 11.4 Å². The Labute approximate surface area is 80.7 Å². The highest BCUT2D eigenvalue weighted by atomic mass is 32.1. The number of thiazole rings is 1. The summed E-state index contributed by atoms with van der Waals surface area (Å²) in [7, 11) is 1.36. The van der Waals surface area contributed by atoms with Gasteiger partial charge in [0.05, 0.1) is 18.3 Å². The van der Waals surface area contributed by atoms with E-state index in [-0.39, 0.29) is 18.4 Å². The first-order valence-corrected chi connectivity index (χ1v) is 4.76. The lowest BCUT2D eigenvalue weighted by Gasteiger charge is -2.10. The SMILES string of the molecule is COC(=O)C(CN)c1scnc1C. The third kappa shape index (κ3) is 2.05. The smallest absolute Gasteiger partial charge is 0.315 e. The van der Waals surface area contributed by atoms with E-state index in [4.69, 9.17) is 5.73 Å². The summed E-state index contributed by atoms with van der Waals surface area (Å²) in [5.74, 6) is -0.660. The van der Waals surface area contributed by atoms with Crippen LogP contribution >= 0.6 is 11.3 Å². The van der Waals surface area contributed by atoms with Crippen LogP contribution in [-0.4, -0.2) is 24.6 Å². The van der Waals surface area contributed by atoms with E-state index in [2.05, 4.69) is 9.72 Å². The van der Waals surface area contributed by atoms with Gasteiger partial charge in [0.15, 0.2) is 0 Å². The van der Waals surface area contributed by atoms with Gasteiger partial charge < -0.3 is 10.5 Å². The van der Waals surface area contributed by atoms with Crippen LogP contribution in [0.1, 0.15) is 16.5 Å². The van der Waals surface area contributed by atoms with Gasteiger partial charge in [0.25, 0.3) is 0 Å². The molecule has 72 valence electrons. The highest BCUT2D eigenvalue weighted by Gasteiger charge is 2.23. The van der Waals surface area contributed by atoms with Crippen LogP contribution in [0.4, 0.5) is 0 Å². The third-order valence-electron chi connectivity index (χ3n) is 1.82. The van der Waals surface area contributed by atoms with Crippen LogP contribution in [0, 0.1) is 6.92 Å². The van der Waals surface area contributed by atoms with Crippen molar-refractivity contribution in [2.75, 3.05) is 13.7 Å². The minimum atomic E-state index is -0.363. The fourth-order valence-corrected chi connectivity index (χ4v) is 2.00. The Bertz CT molecular complexity index is 298. The molecule has 5 heteroatoms. The van der Waals surface area contributed by atoms with Crippen LogP contribution in [0.5, 0.6) is 0 Å². The van der Waals surface area contributed by atoms with Gasteiger partial charge in [-0.3, -0.25) is 4.79 Å². The number of rotatable bonds is 3. The maximum absolute atomic E-state index is 11.3. The van der Waals surface area contributed by atoms with Crippen LogP contribution in [0.25, 0.3) is 0 Å². The highest BCUT2D eigenvalue weighted by Crippen LogP contribution is 2.23. The quantitative estimate of drug-likeness (QED) is 0.728. The van der Waals surface area contributed by atoms with Gasteiger partial charge in [0.2, 0.25) is 0 Å². The molecule has 1 rings (SSSR count). The van der Waals surface area contributed by atoms with E-state index >= 15 is 0 Å². The lowest BCUT2D eigenvalue weighted by Crippen LogP contribution is -2.22. The van der Waals surface area contributed by atoms with E-state index in [1.807, 2.05) is 6.92 Å². The second-order valence-electron chi connectivity index (χ2n) is 2.61. The highest BCUT2D eigenvalue weighted by molar-refractivity contribution is 7.10. The van der Waals surface area contributed by atoms with Crippen molar-refractivity contribution in [2.24, 2.45) is 5.73 Å². The summed E-state index contributed by atoms with van der Waals surface area (Å²) in [6, 6.07) is 0. The molecule has 13 heavy (non-hydrogen) atoms. The van der Waals surface area contributed by atoms with Gasteiger partial charge in [-0.1, -0.05) is 0 Å². The summed E-state index contributed by atoms with van der Waals surface area (Å²) in [6.07, 6.45) is 0. The van der Waals surface area contributed by atoms with E-state index in [9.17, 15) is 4.79 Å². The molecule has 1 atom stereocenters. The van der Waals surface area contributed by atoms with Crippen molar-refractivity contribution < 1.29 is 9.53 Å². The van der Waals surface area contributed by atoms with Crippen molar-refractivity contribution in [1.82, 2.24) is 4.98 Å². The molecular weight excluding hydrogens is 188 g/mol. The van der Waals surface area contributed by atoms with Crippen LogP contribution in [-0.2, 0) is 9.53 Å². The molecule has 1 aromatic heterocycles. The second kappa shape index (κ2) is 4.34. The fourth-order valence-electron chi connectivity index (χ4n) is 1.10. The predicted molar refractivity (Wildman–Crippen MR) is 50.7 cm³/mol. The molecule has 0 amide bonds. The Morgan fingerprint density at radius 2 is 2.54 bits per heavy atom. The fraction of sp³-hybridized carbons (Fsp3) is 0.500. The number of aromatic nitrogens is 1. The van der Waals surface area contributed by atoms with E-state index in [1.165, 1.54) is 18.4 Å². The number of carbonyl (C=O) groups excluding carboxylic acids is 1. The number of aryl methyl sites for hydroxylation is 1. The maximum Gasteiger partial charge on any atom is 0.315 e. The number of nitrogens with zero attached hydrogens (tertiary/aromatic N) is 1. The summed E-state index contributed by atoms with van der Waals surface area (Å²) < 4.78 is 4.64. The lowest BCUT2D eigenvalue weighted by molar-refractivity contribution is -0.142. The molecule has 4 nitrogen and oxygen atoms in total. The van der Waals surface area contributed by atoms with Crippen molar-refractivity contribution in [3.05, 3.63) is 16.1 Å². The normalized spacial score (nSPS) is 12.5. The Balaban J connectivity index is 2.90. The molecule has 0 saturated heterocycles. The number of methoxy groups -OCH3 is 1. The van der Waals surface area contributed by atoms with Gasteiger partial charge in [-0.2, -0.15) is 0 Å². The van der Waals surface area contributed by atoms with Gasteiger partial charge in [-0.15, -0.1) is 11.3 Å². The zero-order valence-corrected chi connectivity index (χ0v) is 8.43. The Hall–Kier alpha value is -0.940. The zero-order chi connectivity index (χ0) is 9.84. The maximum atomic E-state index is 11.3. The van der Waals surface area contributed by atoms with Crippen molar-refractivity contribution >= 4 is 17.3 Å². The molecule has 0 radical (unpaired) electrons. The number of hydrogen-bond acceptors (Lipinski definition) is 5. The predicted octanol–water partition coefficient (Wildman–Crippen LogP) is 0.667. The van der Waals surface area contributed by atoms with Crippen LogP contribution in [0.3, 0.4) is 0 Å². The van der Waals surface area contributed by atoms with Crippen LogP contribution in [0.15, 0.2) is 5.51 Å². The molecule has 0 aliphatic heterocycles. The molecule has 1 unspecified atom stereocenters. The number of esters is 1. The van der Waals surface area contributed by atoms with Gasteiger partial charge in [-0.05, 0) is 6.92 Å². The van der Waals surface area contributed by atoms with Crippen molar-refractivity contribution in [1.29, 1.82) is 0 Å². The average Bonchev–Trinajstić information content (AvgIpc) is 2.53. The standard InChI is InChI=1S/C8H12N2O2S/c1-5-7(13-4-10-5)6(3-9)8(11)12-2/h4,6H,3,9H2,1-2H3. The molecule has 0 saturated carbocycles. The number of hydrogen-bond donors (Lipinski definition) is 1. The van der Waals surface area contributed by atoms with Gasteiger partial charge >= 0.3 is 5.97 Å². The molecular formula is C8H12N2O2S. The Kier molecular flexibility index (Phi) is 3.39. The average molecular weight is 200 g/mol. The number of carbonyl (C=O) groups is 1. The molecule has 0 spiro atoms. The van der Waals surface area contributed by atoms with Crippen molar-refractivity contribution in [2.45, 2.75) is 12.8 Å². The number of nitrogens with two attached hydrogens (primary N) is 1.